The summed E-state index contributed by atoms with van der Waals surface area (Å²) in [4.78, 5) is 12.0. The number of carbonyl (C=O) groups excluding carboxylic acids is 1. The highest BCUT2D eigenvalue weighted by atomic mass is 35.5. The number of hydrogen-bond donors (Lipinski definition) is 1. The minimum Gasteiger partial charge on any atom is -0.359 e. The van der Waals surface area contributed by atoms with E-state index in [4.69, 9.17) is 27.9 Å². The van der Waals surface area contributed by atoms with E-state index in [-0.39, 0.29) is 13.6 Å². The predicted octanol–water partition coefficient (Wildman–Crippen LogP) is 4.67. The first kappa shape index (κ1) is 20.8. The molecule has 1 amide bonds. The van der Waals surface area contributed by atoms with Crippen LogP contribution in [-0.4, -0.2) is 20.9 Å². The maximum absolute atomic E-state index is 12.3. The van der Waals surface area contributed by atoms with E-state index >= 15 is 0 Å². The predicted molar refractivity (Wildman–Crippen MR) is 110 cm³/mol. The summed E-state index contributed by atoms with van der Waals surface area (Å²) in [6, 6.07) is 19.9. The molecule has 1 aromatic heterocycles. The summed E-state index contributed by atoms with van der Waals surface area (Å²) >= 11 is 12.6. The fraction of sp³-hybridized carbons (Fsp3) is 0.105. The quantitative estimate of drug-likeness (QED) is 0.561. The first-order chi connectivity index (χ1) is 13.4. The Kier molecular flexibility index (Phi) is 6.74. The number of sulfonamides is 1. The van der Waals surface area contributed by atoms with Crippen molar-refractivity contribution < 1.29 is 17.9 Å². The molecule has 0 saturated heterocycles. The van der Waals surface area contributed by atoms with Crippen LogP contribution >= 0.6 is 34.5 Å². The van der Waals surface area contributed by atoms with Gasteiger partial charge in [0, 0.05) is 0 Å². The summed E-state index contributed by atoms with van der Waals surface area (Å²) in [6.07, 6.45) is -0.518. The Morgan fingerprint density at radius 1 is 1.00 bits per heavy atom. The van der Waals surface area contributed by atoms with Gasteiger partial charge in [-0.15, -0.1) is 11.3 Å². The summed E-state index contributed by atoms with van der Waals surface area (Å²) in [7, 11) is -4.13. The summed E-state index contributed by atoms with van der Waals surface area (Å²) < 4.78 is 32.6. The van der Waals surface area contributed by atoms with E-state index in [1.165, 1.54) is 6.07 Å². The molecule has 0 aliphatic rings. The number of rotatable bonds is 7. The number of ether oxygens (including phenoxy) is 1. The summed E-state index contributed by atoms with van der Waals surface area (Å²) in [6.45, 7) is -0.455. The normalized spacial score (nSPS) is 11.5. The molecule has 28 heavy (non-hydrogen) atoms. The van der Waals surface area contributed by atoms with E-state index in [2.05, 4.69) is 0 Å². The third-order valence-electron chi connectivity index (χ3n) is 3.75. The van der Waals surface area contributed by atoms with Crippen molar-refractivity contribution in [2.75, 3.05) is 6.61 Å². The largest absolute Gasteiger partial charge is 0.359 e. The van der Waals surface area contributed by atoms with E-state index in [0.29, 0.717) is 0 Å². The lowest BCUT2D eigenvalue weighted by atomic mass is 10.0. The van der Waals surface area contributed by atoms with Gasteiger partial charge in [0.1, 0.15) is 21.9 Å². The van der Waals surface area contributed by atoms with Gasteiger partial charge < -0.3 is 4.74 Å². The van der Waals surface area contributed by atoms with Crippen molar-refractivity contribution >= 4 is 50.5 Å². The van der Waals surface area contributed by atoms with Gasteiger partial charge in [-0.1, -0.05) is 83.9 Å². The molecule has 0 unspecified atom stereocenters. The number of carbonyl (C=O) groups is 1. The van der Waals surface area contributed by atoms with Crippen molar-refractivity contribution in [1.29, 1.82) is 0 Å². The van der Waals surface area contributed by atoms with Crippen LogP contribution in [0.4, 0.5) is 0 Å². The highest BCUT2D eigenvalue weighted by Crippen LogP contribution is 2.34. The topological polar surface area (TPSA) is 72.5 Å². The molecule has 146 valence electrons. The maximum atomic E-state index is 12.3. The second-order valence-corrected chi connectivity index (χ2v) is 9.67. The van der Waals surface area contributed by atoms with Gasteiger partial charge in [0.2, 0.25) is 0 Å². The standard InChI is InChI=1S/C19H15Cl2NO4S2/c20-16-11-15(19(21)27-16)28(24,25)22-17(23)12-26-18(13-7-3-1-4-8-13)14-9-5-2-6-10-14/h1-11,18H,12H2,(H,22,23). The van der Waals surface area contributed by atoms with Crippen LogP contribution in [0.1, 0.15) is 17.2 Å². The van der Waals surface area contributed by atoms with Crippen LogP contribution in [0.5, 0.6) is 0 Å². The van der Waals surface area contributed by atoms with Crippen LogP contribution < -0.4 is 4.72 Å². The number of halogens is 2. The second-order valence-electron chi connectivity index (χ2n) is 5.73. The maximum Gasteiger partial charge on any atom is 0.266 e. The molecule has 1 N–H and O–H groups in total. The third-order valence-corrected chi connectivity index (χ3v) is 6.88. The molecule has 0 saturated carbocycles. The molecule has 5 nitrogen and oxygen atoms in total. The Hall–Kier alpha value is -1.90. The number of hydrogen-bond acceptors (Lipinski definition) is 5. The van der Waals surface area contributed by atoms with Gasteiger partial charge in [0.25, 0.3) is 15.9 Å². The van der Waals surface area contributed by atoms with Gasteiger partial charge in [-0.3, -0.25) is 4.79 Å². The fourth-order valence-electron chi connectivity index (χ4n) is 2.54. The number of benzene rings is 2. The van der Waals surface area contributed by atoms with Gasteiger partial charge >= 0.3 is 0 Å². The molecule has 3 rings (SSSR count). The lowest BCUT2D eigenvalue weighted by Crippen LogP contribution is -2.34. The average molecular weight is 456 g/mol. The number of thiophene rings is 1. The number of nitrogens with one attached hydrogen (secondary N) is 1. The Bertz CT molecular complexity index is 1010. The molecule has 0 fully saturated rings. The highest BCUT2D eigenvalue weighted by Gasteiger charge is 2.24. The molecule has 2 aromatic carbocycles. The Balaban J connectivity index is 1.73. The molecule has 1 heterocycles. The first-order valence-electron chi connectivity index (χ1n) is 8.09. The monoisotopic (exact) mass is 455 g/mol. The Labute approximate surface area is 176 Å². The second kappa shape index (κ2) is 9.07. The molecule has 0 radical (unpaired) electrons. The molecule has 0 aliphatic carbocycles. The Morgan fingerprint density at radius 2 is 1.54 bits per heavy atom. The molecule has 0 bridgehead atoms. The van der Waals surface area contributed by atoms with Crippen LogP contribution in [0.25, 0.3) is 0 Å². The molecular weight excluding hydrogens is 441 g/mol. The zero-order chi connectivity index (χ0) is 20.1. The molecule has 3 aromatic rings. The van der Waals surface area contributed by atoms with Crippen LogP contribution in [-0.2, 0) is 19.6 Å². The Morgan fingerprint density at radius 3 is 2.00 bits per heavy atom. The van der Waals surface area contributed by atoms with E-state index < -0.39 is 28.6 Å². The van der Waals surface area contributed by atoms with Gasteiger partial charge in [0.05, 0.1) is 4.34 Å². The summed E-state index contributed by atoms with van der Waals surface area (Å²) in [5, 5.41) is 0. The first-order valence-corrected chi connectivity index (χ1v) is 11.1. The van der Waals surface area contributed by atoms with Crippen LogP contribution in [0, 0.1) is 0 Å². The lowest BCUT2D eigenvalue weighted by Gasteiger charge is -2.18. The van der Waals surface area contributed by atoms with Crippen LogP contribution in [0.15, 0.2) is 71.6 Å². The molecule has 0 atom stereocenters. The van der Waals surface area contributed by atoms with Crippen molar-refractivity contribution in [2.24, 2.45) is 0 Å². The molecule has 0 spiro atoms. The van der Waals surface area contributed by atoms with Crippen molar-refractivity contribution in [3.05, 3.63) is 86.5 Å². The minimum absolute atomic E-state index is 0.0160. The average Bonchev–Trinajstić information content (AvgIpc) is 3.02. The van der Waals surface area contributed by atoms with E-state index in [1.54, 1.807) is 0 Å². The lowest BCUT2D eigenvalue weighted by molar-refractivity contribution is -0.125. The van der Waals surface area contributed by atoms with E-state index in [9.17, 15) is 13.2 Å². The zero-order valence-electron chi connectivity index (χ0n) is 14.3. The van der Waals surface area contributed by atoms with Crippen molar-refractivity contribution in [3.8, 4) is 0 Å². The smallest absolute Gasteiger partial charge is 0.266 e. The van der Waals surface area contributed by atoms with Crippen molar-refractivity contribution in [3.63, 3.8) is 0 Å². The van der Waals surface area contributed by atoms with Crippen molar-refractivity contribution in [2.45, 2.75) is 11.0 Å². The molecular formula is C19H15Cl2NO4S2. The van der Waals surface area contributed by atoms with E-state index in [0.717, 1.165) is 22.5 Å². The van der Waals surface area contributed by atoms with Gasteiger partial charge in [0.15, 0.2) is 0 Å². The van der Waals surface area contributed by atoms with Crippen LogP contribution in [0.2, 0.25) is 8.67 Å². The molecule has 0 aliphatic heterocycles. The zero-order valence-corrected chi connectivity index (χ0v) is 17.5. The SMILES string of the molecule is O=C(COC(c1ccccc1)c1ccccc1)NS(=O)(=O)c1cc(Cl)sc1Cl. The minimum atomic E-state index is -4.13. The number of amides is 1. The highest BCUT2D eigenvalue weighted by molar-refractivity contribution is 7.90. The van der Waals surface area contributed by atoms with Gasteiger partial charge in [-0.2, -0.15) is 0 Å². The summed E-state index contributed by atoms with van der Waals surface area (Å²) in [5.74, 6) is -0.810. The van der Waals surface area contributed by atoms with Gasteiger partial charge in [-0.05, 0) is 17.2 Å². The third kappa shape index (κ3) is 5.12. The molecule has 9 heteroatoms. The van der Waals surface area contributed by atoms with Crippen LogP contribution in [0.3, 0.4) is 0 Å². The van der Waals surface area contributed by atoms with Crippen molar-refractivity contribution in [1.82, 2.24) is 4.72 Å². The van der Waals surface area contributed by atoms with Gasteiger partial charge in [-0.25, -0.2) is 13.1 Å². The fourth-order valence-corrected chi connectivity index (χ4v) is 5.66. The van der Waals surface area contributed by atoms with E-state index in [1.807, 2.05) is 65.4 Å². The summed E-state index contributed by atoms with van der Waals surface area (Å²) in [5.41, 5.74) is 1.69.